The molecular formula is C23H29N3O5. The molecular weight excluding hydrogens is 398 g/mol. The first-order valence-electron chi connectivity index (χ1n) is 9.94. The maximum atomic E-state index is 12.4. The molecule has 0 aliphatic heterocycles. The molecule has 0 saturated heterocycles. The topological polar surface area (TPSA) is 106 Å². The van der Waals surface area contributed by atoms with E-state index in [-0.39, 0.29) is 24.8 Å². The van der Waals surface area contributed by atoms with Crippen LogP contribution < -0.4 is 20.7 Å². The molecule has 0 unspecified atom stereocenters. The second-order valence-electron chi connectivity index (χ2n) is 7.84. The molecule has 166 valence electrons. The van der Waals surface area contributed by atoms with Gasteiger partial charge in [-0.2, -0.15) is 0 Å². The number of carbonyl (C=O) groups excluding carboxylic acids is 3. The number of hydrogen-bond acceptors (Lipinski definition) is 5. The van der Waals surface area contributed by atoms with Crippen molar-refractivity contribution in [1.82, 2.24) is 10.6 Å². The van der Waals surface area contributed by atoms with Crippen molar-refractivity contribution in [3.8, 4) is 5.75 Å². The fourth-order valence-corrected chi connectivity index (χ4v) is 2.59. The van der Waals surface area contributed by atoms with Crippen molar-refractivity contribution in [2.45, 2.75) is 39.3 Å². The normalized spacial score (nSPS) is 10.7. The lowest BCUT2D eigenvalue weighted by Gasteiger charge is -2.19. The molecule has 0 atom stereocenters. The molecule has 0 fully saturated rings. The standard InChI is InChI=1S/C23H29N3O5/c1-23(2,3)31-22(29)24-13-12-20(27)25-15-16-6-5-7-18(14-16)26-21(28)17-8-10-19(30-4)11-9-17/h5-11,14H,12-13,15H2,1-4H3,(H,24,29)(H,25,27)(H,26,28). The van der Waals surface area contributed by atoms with Gasteiger partial charge in [-0.15, -0.1) is 0 Å². The number of anilines is 1. The van der Waals surface area contributed by atoms with E-state index in [4.69, 9.17) is 9.47 Å². The molecule has 0 saturated carbocycles. The summed E-state index contributed by atoms with van der Waals surface area (Å²) >= 11 is 0. The van der Waals surface area contributed by atoms with Crippen LogP contribution in [0.15, 0.2) is 48.5 Å². The Labute approximate surface area is 182 Å². The third kappa shape index (κ3) is 8.77. The third-order valence-corrected chi connectivity index (χ3v) is 4.05. The highest BCUT2D eigenvalue weighted by Crippen LogP contribution is 2.15. The SMILES string of the molecule is COc1ccc(C(=O)Nc2cccc(CNC(=O)CCNC(=O)OC(C)(C)C)c2)cc1. The number of rotatable bonds is 8. The van der Waals surface area contributed by atoms with Crippen molar-refractivity contribution >= 4 is 23.6 Å². The summed E-state index contributed by atoms with van der Waals surface area (Å²) in [4.78, 5) is 36.0. The van der Waals surface area contributed by atoms with E-state index < -0.39 is 11.7 Å². The van der Waals surface area contributed by atoms with Gasteiger partial charge in [0, 0.05) is 30.8 Å². The Hall–Kier alpha value is -3.55. The average molecular weight is 428 g/mol. The van der Waals surface area contributed by atoms with Crippen molar-refractivity contribution in [2.75, 3.05) is 19.0 Å². The first kappa shape index (κ1) is 23.7. The molecule has 3 N–H and O–H groups in total. The molecule has 0 aliphatic rings. The molecule has 0 spiro atoms. The van der Waals surface area contributed by atoms with Crippen LogP contribution in [-0.4, -0.2) is 37.2 Å². The molecule has 0 radical (unpaired) electrons. The lowest BCUT2D eigenvalue weighted by atomic mass is 10.1. The molecule has 0 heterocycles. The van der Waals surface area contributed by atoms with E-state index in [2.05, 4.69) is 16.0 Å². The average Bonchev–Trinajstić information content (AvgIpc) is 2.71. The van der Waals surface area contributed by atoms with Crippen LogP contribution in [0, 0.1) is 0 Å². The van der Waals surface area contributed by atoms with E-state index in [1.165, 1.54) is 0 Å². The summed E-state index contributed by atoms with van der Waals surface area (Å²) in [5.41, 5.74) is 1.39. The number of methoxy groups -OCH3 is 1. The predicted octanol–water partition coefficient (Wildman–Crippen LogP) is 3.48. The first-order chi connectivity index (χ1) is 14.7. The minimum absolute atomic E-state index is 0.132. The summed E-state index contributed by atoms with van der Waals surface area (Å²) in [5, 5.41) is 8.17. The van der Waals surface area contributed by atoms with Crippen molar-refractivity contribution in [3.05, 3.63) is 59.7 Å². The number of nitrogens with one attached hydrogen (secondary N) is 3. The lowest BCUT2D eigenvalue weighted by molar-refractivity contribution is -0.121. The van der Waals surface area contributed by atoms with Crippen LogP contribution in [0.25, 0.3) is 0 Å². The van der Waals surface area contributed by atoms with Crippen LogP contribution in [0.5, 0.6) is 5.75 Å². The Bertz CT molecular complexity index is 904. The number of ether oxygens (including phenoxy) is 2. The summed E-state index contributed by atoms with van der Waals surface area (Å²) in [6.45, 7) is 5.79. The van der Waals surface area contributed by atoms with E-state index in [9.17, 15) is 14.4 Å². The van der Waals surface area contributed by atoms with E-state index in [0.717, 1.165) is 5.56 Å². The van der Waals surface area contributed by atoms with Gasteiger partial charge in [-0.1, -0.05) is 12.1 Å². The zero-order valence-corrected chi connectivity index (χ0v) is 18.3. The van der Waals surface area contributed by atoms with Crippen molar-refractivity contribution < 1.29 is 23.9 Å². The smallest absolute Gasteiger partial charge is 0.407 e. The second kappa shape index (κ2) is 11.0. The van der Waals surface area contributed by atoms with Gasteiger partial charge >= 0.3 is 6.09 Å². The molecule has 31 heavy (non-hydrogen) atoms. The van der Waals surface area contributed by atoms with Gasteiger partial charge in [-0.25, -0.2) is 4.79 Å². The van der Waals surface area contributed by atoms with E-state index >= 15 is 0 Å². The fraction of sp³-hybridized carbons (Fsp3) is 0.348. The van der Waals surface area contributed by atoms with Gasteiger partial charge in [0.15, 0.2) is 0 Å². The monoisotopic (exact) mass is 427 g/mol. The summed E-state index contributed by atoms with van der Waals surface area (Å²) in [6, 6.07) is 14.0. The molecule has 3 amide bonds. The quantitative estimate of drug-likeness (QED) is 0.598. The molecule has 0 bridgehead atoms. The molecule has 2 aromatic rings. The van der Waals surface area contributed by atoms with E-state index in [0.29, 0.717) is 23.5 Å². The van der Waals surface area contributed by atoms with Crippen molar-refractivity contribution in [2.24, 2.45) is 0 Å². The number of hydrogen-bond donors (Lipinski definition) is 3. The highest BCUT2D eigenvalue weighted by Gasteiger charge is 2.15. The summed E-state index contributed by atoms with van der Waals surface area (Å²) < 4.78 is 10.2. The maximum Gasteiger partial charge on any atom is 0.407 e. The summed E-state index contributed by atoms with van der Waals surface area (Å²) in [7, 11) is 1.57. The highest BCUT2D eigenvalue weighted by atomic mass is 16.6. The Morgan fingerprint density at radius 1 is 0.968 bits per heavy atom. The Kier molecular flexibility index (Phi) is 8.43. The van der Waals surface area contributed by atoms with Crippen LogP contribution in [0.2, 0.25) is 0 Å². The predicted molar refractivity (Wildman–Crippen MR) is 118 cm³/mol. The van der Waals surface area contributed by atoms with Crippen LogP contribution >= 0.6 is 0 Å². The summed E-state index contributed by atoms with van der Waals surface area (Å²) in [6.07, 6.45) is -0.423. The third-order valence-electron chi connectivity index (χ3n) is 4.05. The fourth-order valence-electron chi connectivity index (χ4n) is 2.59. The molecule has 8 heteroatoms. The van der Waals surface area contributed by atoms with Gasteiger partial charge in [-0.05, 0) is 62.7 Å². The van der Waals surface area contributed by atoms with Crippen molar-refractivity contribution in [1.29, 1.82) is 0 Å². The van der Waals surface area contributed by atoms with Gasteiger partial charge in [0.1, 0.15) is 11.4 Å². The Morgan fingerprint density at radius 3 is 2.32 bits per heavy atom. The zero-order chi connectivity index (χ0) is 22.9. The number of carbonyl (C=O) groups is 3. The largest absolute Gasteiger partial charge is 0.497 e. The van der Waals surface area contributed by atoms with Gasteiger partial charge < -0.3 is 25.4 Å². The summed E-state index contributed by atoms with van der Waals surface area (Å²) in [5.74, 6) is 0.233. The van der Waals surface area contributed by atoms with Crippen molar-refractivity contribution in [3.63, 3.8) is 0 Å². The zero-order valence-electron chi connectivity index (χ0n) is 18.3. The highest BCUT2D eigenvalue weighted by molar-refractivity contribution is 6.04. The van der Waals surface area contributed by atoms with Gasteiger partial charge in [0.25, 0.3) is 5.91 Å². The molecule has 0 aromatic heterocycles. The van der Waals surface area contributed by atoms with Gasteiger partial charge in [0.2, 0.25) is 5.91 Å². The van der Waals surface area contributed by atoms with Crippen LogP contribution in [0.3, 0.4) is 0 Å². The minimum Gasteiger partial charge on any atom is -0.497 e. The molecule has 0 aliphatic carbocycles. The van der Waals surface area contributed by atoms with Crippen LogP contribution in [0.1, 0.15) is 43.1 Å². The molecule has 2 aromatic carbocycles. The van der Waals surface area contributed by atoms with Gasteiger partial charge in [0.05, 0.1) is 7.11 Å². The molecule has 8 nitrogen and oxygen atoms in total. The second-order valence-corrected chi connectivity index (χ2v) is 7.84. The van der Waals surface area contributed by atoms with Crippen LogP contribution in [-0.2, 0) is 16.1 Å². The lowest BCUT2D eigenvalue weighted by Crippen LogP contribution is -2.35. The number of amides is 3. The van der Waals surface area contributed by atoms with E-state index in [1.54, 1.807) is 70.3 Å². The first-order valence-corrected chi connectivity index (χ1v) is 9.94. The number of alkyl carbamates (subject to hydrolysis) is 1. The number of benzene rings is 2. The maximum absolute atomic E-state index is 12.4. The van der Waals surface area contributed by atoms with Crippen LogP contribution in [0.4, 0.5) is 10.5 Å². The minimum atomic E-state index is -0.583. The Balaban J connectivity index is 1.79. The molecule has 2 rings (SSSR count). The van der Waals surface area contributed by atoms with Gasteiger partial charge in [-0.3, -0.25) is 9.59 Å². The van der Waals surface area contributed by atoms with E-state index in [1.807, 2.05) is 6.07 Å². The Morgan fingerprint density at radius 2 is 1.68 bits per heavy atom.